The predicted octanol–water partition coefficient (Wildman–Crippen LogP) is 0.450. The van der Waals surface area contributed by atoms with Crippen molar-refractivity contribution < 1.29 is 36.2 Å². The summed E-state index contributed by atoms with van der Waals surface area (Å²) >= 11 is 0.619. The van der Waals surface area contributed by atoms with Crippen molar-refractivity contribution in [1.29, 1.82) is 0 Å². The first-order chi connectivity index (χ1) is 8.54. The molecule has 0 aliphatic carbocycles. The van der Waals surface area contributed by atoms with E-state index in [-0.39, 0.29) is 0 Å². The Balaban J connectivity index is 3.21. The van der Waals surface area contributed by atoms with E-state index in [0.717, 1.165) is 10.8 Å². The van der Waals surface area contributed by atoms with Crippen molar-refractivity contribution in [3.63, 3.8) is 0 Å². The van der Waals surface area contributed by atoms with Gasteiger partial charge in [0.05, 0.1) is 7.11 Å². The molecule has 0 bridgehead atoms. The van der Waals surface area contributed by atoms with Gasteiger partial charge in [-0.1, -0.05) is 6.07 Å². The van der Waals surface area contributed by atoms with Crippen LogP contribution in [0.25, 0.3) is 0 Å². The van der Waals surface area contributed by atoms with Crippen LogP contribution in [0.5, 0.6) is 0 Å². The molecule has 0 fully saturated rings. The van der Waals surface area contributed by atoms with E-state index in [9.17, 15) is 31.5 Å². The first-order valence-electron chi connectivity index (χ1n) is 4.49. The van der Waals surface area contributed by atoms with E-state index >= 15 is 0 Å². The molecule has 108 valence electrons. The van der Waals surface area contributed by atoms with E-state index in [4.69, 9.17) is 0 Å². The van der Waals surface area contributed by atoms with Crippen LogP contribution in [0.4, 0.5) is 13.2 Å². The molecular formula is C8H8F3NO5S2. The Morgan fingerprint density at radius 2 is 2.05 bits per heavy atom. The van der Waals surface area contributed by atoms with Gasteiger partial charge < -0.3 is 9.84 Å². The summed E-state index contributed by atoms with van der Waals surface area (Å²) in [4.78, 5) is 11.0. The molecule has 1 atom stereocenters. The summed E-state index contributed by atoms with van der Waals surface area (Å²) in [6.07, 6.45) is -5.58. The quantitative estimate of drug-likeness (QED) is 0.621. The molecular weight excluding hydrogens is 311 g/mol. The summed E-state index contributed by atoms with van der Waals surface area (Å²) < 4.78 is 65.3. The van der Waals surface area contributed by atoms with E-state index in [1.807, 2.05) is 0 Å². The van der Waals surface area contributed by atoms with Gasteiger partial charge in [0.1, 0.15) is 4.21 Å². The van der Waals surface area contributed by atoms with Crippen LogP contribution in [0.2, 0.25) is 0 Å². The zero-order valence-corrected chi connectivity index (χ0v) is 10.9. The number of alkyl halides is 3. The molecule has 0 saturated carbocycles. The number of methoxy groups -OCH3 is 1. The monoisotopic (exact) mass is 319 g/mol. The molecule has 0 aliphatic heterocycles. The molecule has 1 rings (SSSR count). The predicted molar refractivity (Wildman–Crippen MR) is 57.7 cm³/mol. The number of rotatable bonds is 4. The fourth-order valence-electron chi connectivity index (χ4n) is 1.02. The van der Waals surface area contributed by atoms with Crippen LogP contribution in [-0.4, -0.2) is 38.5 Å². The highest BCUT2D eigenvalue weighted by Gasteiger charge is 2.63. The number of nitrogens with one attached hydrogen (secondary N) is 1. The van der Waals surface area contributed by atoms with Crippen molar-refractivity contribution in [2.75, 3.05) is 7.11 Å². The minimum atomic E-state index is -5.58. The number of carbonyl (C=O) groups excluding carboxylic acids is 1. The summed E-state index contributed by atoms with van der Waals surface area (Å²) in [7, 11) is -4.13. The van der Waals surface area contributed by atoms with Crippen molar-refractivity contribution in [1.82, 2.24) is 4.72 Å². The molecule has 0 saturated heterocycles. The van der Waals surface area contributed by atoms with Crippen molar-refractivity contribution >= 4 is 27.3 Å². The van der Waals surface area contributed by atoms with Crippen LogP contribution in [0, 0.1) is 0 Å². The van der Waals surface area contributed by atoms with Gasteiger partial charge in [-0.05, 0) is 11.4 Å². The number of ether oxygens (including phenoxy) is 1. The number of hydrogen-bond acceptors (Lipinski definition) is 6. The van der Waals surface area contributed by atoms with Crippen molar-refractivity contribution in [2.24, 2.45) is 0 Å². The van der Waals surface area contributed by atoms with Gasteiger partial charge in [0.15, 0.2) is 0 Å². The lowest BCUT2D eigenvalue weighted by atomic mass is 10.2. The number of carbonyl (C=O) groups is 1. The highest BCUT2D eigenvalue weighted by Crippen LogP contribution is 2.31. The zero-order valence-electron chi connectivity index (χ0n) is 9.26. The topological polar surface area (TPSA) is 92.7 Å². The van der Waals surface area contributed by atoms with Gasteiger partial charge in [-0.25, -0.2) is 13.2 Å². The third kappa shape index (κ3) is 3.05. The fraction of sp³-hybridized carbons (Fsp3) is 0.375. The molecule has 19 heavy (non-hydrogen) atoms. The molecule has 0 spiro atoms. The average molecular weight is 319 g/mol. The average Bonchev–Trinajstić information content (AvgIpc) is 2.79. The molecule has 1 heterocycles. The molecule has 1 aromatic heterocycles. The van der Waals surface area contributed by atoms with Crippen LogP contribution in [0.15, 0.2) is 21.7 Å². The van der Waals surface area contributed by atoms with Crippen LogP contribution in [-0.2, 0) is 19.6 Å². The van der Waals surface area contributed by atoms with Gasteiger partial charge in [0, 0.05) is 0 Å². The van der Waals surface area contributed by atoms with E-state index in [1.54, 1.807) is 0 Å². The highest BCUT2D eigenvalue weighted by molar-refractivity contribution is 7.91. The Morgan fingerprint density at radius 1 is 1.47 bits per heavy atom. The molecule has 1 aromatic rings. The van der Waals surface area contributed by atoms with Gasteiger partial charge in [0.2, 0.25) is 0 Å². The number of sulfonamides is 1. The lowest BCUT2D eigenvalue weighted by molar-refractivity contribution is -0.265. The summed E-state index contributed by atoms with van der Waals surface area (Å²) in [5.41, 5.74) is -4.34. The second kappa shape index (κ2) is 5.07. The summed E-state index contributed by atoms with van der Waals surface area (Å²) in [6, 6.07) is 2.30. The molecule has 0 aromatic carbocycles. The van der Waals surface area contributed by atoms with E-state index < -0.39 is 32.1 Å². The van der Waals surface area contributed by atoms with Crippen LogP contribution in [0.1, 0.15) is 0 Å². The van der Waals surface area contributed by atoms with Crippen LogP contribution < -0.4 is 4.72 Å². The molecule has 0 unspecified atom stereocenters. The van der Waals surface area contributed by atoms with Gasteiger partial charge in [0.25, 0.3) is 10.0 Å². The van der Waals surface area contributed by atoms with Gasteiger partial charge >= 0.3 is 17.9 Å². The Labute approximate surface area is 109 Å². The van der Waals surface area contributed by atoms with Crippen molar-refractivity contribution in [3.05, 3.63) is 17.5 Å². The largest absolute Gasteiger partial charge is 0.466 e. The van der Waals surface area contributed by atoms with Gasteiger partial charge in [-0.2, -0.15) is 17.9 Å². The standard InChI is InChI=1S/C8H8F3NO5S2/c1-17-6(13)7(14,8(9,10)11)12-19(15,16)5-3-2-4-18-5/h2-4,12,14H,1H3/t7-/m1/s1. The maximum Gasteiger partial charge on any atom is 0.443 e. The molecule has 2 N–H and O–H groups in total. The Bertz CT molecular complexity index is 553. The zero-order chi connectivity index (χ0) is 14.9. The van der Waals surface area contributed by atoms with E-state index in [2.05, 4.69) is 4.74 Å². The third-order valence-corrected chi connectivity index (χ3v) is 4.77. The third-order valence-electron chi connectivity index (χ3n) is 1.93. The first-order valence-corrected chi connectivity index (χ1v) is 6.86. The molecule has 0 aliphatic rings. The van der Waals surface area contributed by atoms with E-state index in [0.29, 0.717) is 18.4 Å². The summed E-state index contributed by atoms with van der Waals surface area (Å²) in [6.45, 7) is 0. The second-order valence-electron chi connectivity index (χ2n) is 3.24. The second-order valence-corrected chi connectivity index (χ2v) is 6.09. The maximum absolute atomic E-state index is 12.6. The fourth-order valence-corrected chi connectivity index (χ4v) is 3.22. The number of thiophene rings is 1. The SMILES string of the molecule is COC(=O)[C@](O)(NS(=O)(=O)c1cccs1)C(F)(F)F. The highest BCUT2D eigenvalue weighted by atomic mass is 32.2. The number of esters is 1. The maximum atomic E-state index is 12.6. The van der Waals surface area contributed by atoms with Gasteiger partial charge in [-0.3, -0.25) is 0 Å². The number of halogens is 3. The summed E-state index contributed by atoms with van der Waals surface area (Å²) in [5, 5.41) is 10.6. The Hall–Kier alpha value is -1.17. The minimum absolute atomic E-state index is 0.487. The Morgan fingerprint density at radius 3 is 2.42 bits per heavy atom. The lowest BCUT2D eigenvalue weighted by Crippen LogP contribution is -2.64. The van der Waals surface area contributed by atoms with Crippen LogP contribution >= 0.6 is 11.3 Å². The minimum Gasteiger partial charge on any atom is -0.466 e. The molecule has 6 nitrogen and oxygen atoms in total. The Kier molecular flexibility index (Phi) is 4.24. The number of hydrogen-bond donors (Lipinski definition) is 2. The first kappa shape index (κ1) is 15.9. The van der Waals surface area contributed by atoms with E-state index in [1.165, 1.54) is 11.4 Å². The lowest BCUT2D eigenvalue weighted by Gasteiger charge is -2.27. The molecule has 0 amide bonds. The van der Waals surface area contributed by atoms with Crippen molar-refractivity contribution in [2.45, 2.75) is 16.1 Å². The number of aliphatic hydroxyl groups is 1. The molecule has 11 heteroatoms. The van der Waals surface area contributed by atoms with Crippen LogP contribution in [0.3, 0.4) is 0 Å². The van der Waals surface area contributed by atoms with Gasteiger partial charge in [-0.15, -0.1) is 11.3 Å². The van der Waals surface area contributed by atoms with Crippen molar-refractivity contribution in [3.8, 4) is 0 Å². The molecule has 0 radical (unpaired) electrons. The normalized spacial score (nSPS) is 15.8. The smallest absolute Gasteiger partial charge is 0.443 e. The summed E-state index contributed by atoms with van der Waals surface area (Å²) in [5.74, 6) is -2.18.